The largest absolute Gasteiger partial charge is 0.456 e. The Labute approximate surface area is 149 Å². The SMILES string of the molecule is N#Cc1cc(F)c(-n2ncc(C(F)(F)F)cc2=O)cc1Oc1ccccc1. The summed E-state index contributed by atoms with van der Waals surface area (Å²) in [6.45, 7) is 0. The molecule has 0 saturated heterocycles. The first-order chi connectivity index (χ1) is 12.8. The van der Waals surface area contributed by atoms with Crippen molar-refractivity contribution in [3.05, 3.63) is 82.0 Å². The maximum absolute atomic E-state index is 14.3. The summed E-state index contributed by atoms with van der Waals surface area (Å²) in [5.41, 5.74) is -3.03. The van der Waals surface area contributed by atoms with Gasteiger partial charge in [-0.3, -0.25) is 4.79 Å². The first-order valence-corrected chi connectivity index (χ1v) is 7.43. The molecule has 0 aliphatic heterocycles. The second kappa shape index (κ2) is 6.92. The molecule has 1 heterocycles. The van der Waals surface area contributed by atoms with E-state index in [1.165, 1.54) is 0 Å². The predicted molar refractivity (Wildman–Crippen MR) is 86.0 cm³/mol. The monoisotopic (exact) mass is 375 g/mol. The highest BCUT2D eigenvalue weighted by atomic mass is 19.4. The number of nitrogens with zero attached hydrogens (tertiary/aromatic N) is 3. The van der Waals surface area contributed by atoms with Gasteiger partial charge in [-0.15, -0.1) is 0 Å². The normalized spacial score (nSPS) is 11.1. The maximum atomic E-state index is 14.3. The summed E-state index contributed by atoms with van der Waals surface area (Å²) in [5.74, 6) is -0.741. The Balaban J connectivity index is 2.10. The molecule has 0 amide bonds. The van der Waals surface area contributed by atoms with Gasteiger partial charge in [0.25, 0.3) is 5.56 Å². The number of hydrogen-bond donors (Lipinski definition) is 0. The molecule has 9 heteroatoms. The Bertz CT molecular complexity index is 1090. The van der Waals surface area contributed by atoms with E-state index < -0.39 is 28.8 Å². The Morgan fingerprint density at radius 2 is 1.81 bits per heavy atom. The van der Waals surface area contributed by atoms with Crippen molar-refractivity contribution < 1.29 is 22.3 Å². The van der Waals surface area contributed by atoms with Crippen molar-refractivity contribution in [3.8, 4) is 23.3 Å². The number of para-hydroxylation sites is 1. The Morgan fingerprint density at radius 3 is 2.41 bits per heavy atom. The molecule has 0 fully saturated rings. The summed E-state index contributed by atoms with van der Waals surface area (Å²) >= 11 is 0. The Morgan fingerprint density at radius 1 is 1.11 bits per heavy atom. The van der Waals surface area contributed by atoms with E-state index in [1.54, 1.807) is 36.4 Å². The molecular weight excluding hydrogens is 366 g/mol. The minimum absolute atomic E-state index is 0.0753. The molecule has 0 saturated carbocycles. The van der Waals surface area contributed by atoms with Crippen LogP contribution < -0.4 is 10.3 Å². The number of halogens is 4. The average molecular weight is 375 g/mol. The van der Waals surface area contributed by atoms with Crippen LogP contribution in [0.3, 0.4) is 0 Å². The Kier molecular flexibility index (Phi) is 4.64. The standard InChI is InChI=1S/C18H9F4N3O2/c19-14-6-11(9-23)16(27-13-4-2-1-3-5-13)8-15(14)25-17(26)7-12(10-24-25)18(20,21)22/h1-8,10H. The van der Waals surface area contributed by atoms with E-state index in [0.717, 1.165) is 12.1 Å². The third kappa shape index (κ3) is 3.79. The van der Waals surface area contributed by atoms with Crippen LogP contribution in [0, 0.1) is 17.1 Å². The zero-order valence-electron chi connectivity index (χ0n) is 13.4. The second-order valence-electron chi connectivity index (χ2n) is 5.32. The van der Waals surface area contributed by atoms with Crippen molar-refractivity contribution in [2.45, 2.75) is 6.18 Å². The molecular formula is C18H9F4N3O2. The van der Waals surface area contributed by atoms with E-state index in [0.29, 0.717) is 22.7 Å². The van der Waals surface area contributed by atoms with Crippen LogP contribution >= 0.6 is 0 Å². The van der Waals surface area contributed by atoms with E-state index >= 15 is 0 Å². The molecule has 0 radical (unpaired) electrons. The molecule has 0 N–H and O–H groups in total. The van der Waals surface area contributed by atoms with Crippen molar-refractivity contribution in [1.29, 1.82) is 5.26 Å². The van der Waals surface area contributed by atoms with Crippen LogP contribution in [0.15, 0.2) is 59.5 Å². The maximum Gasteiger partial charge on any atom is 0.418 e. The fourth-order valence-electron chi connectivity index (χ4n) is 2.24. The number of aromatic nitrogens is 2. The summed E-state index contributed by atoms with van der Waals surface area (Å²) in [4.78, 5) is 12.0. The van der Waals surface area contributed by atoms with E-state index in [9.17, 15) is 22.4 Å². The Hall–Kier alpha value is -3.67. The van der Waals surface area contributed by atoms with Crippen LogP contribution in [-0.4, -0.2) is 9.78 Å². The van der Waals surface area contributed by atoms with Gasteiger partial charge in [-0.25, -0.2) is 4.39 Å². The fraction of sp³-hybridized carbons (Fsp3) is 0.0556. The van der Waals surface area contributed by atoms with Gasteiger partial charge in [0, 0.05) is 12.1 Å². The lowest BCUT2D eigenvalue weighted by molar-refractivity contribution is -0.138. The zero-order valence-corrected chi connectivity index (χ0v) is 13.4. The first-order valence-electron chi connectivity index (χ1n) is 7.43. The molecule has 0 aliphatic carbocycles. The van der Waals surface area contributed by atoms with Crippen LogP contribution in [0.25, 0.3) is 5.69 Å². The van der Waals surface area contributed by atoms with Crippen LogP contribution in [0.5, 0.6) is 11.5 Å². The van der Waals surface area contributed by atoms with Gasteiger partial charge >= 0.3 is 6.18 Å². The minimum Gasteiger partial charge on any atom is -0.456 e. The number of nitriles is 1. The van der Waals surface area contributed by atoms with Crippen LogP contribution in [0.4, 0.5) is 17.6 Å². The van der Waals surface area contributed by atoms with Gasteiger partial charge in [-0.2, -0.15) is 28.2 Å². The molecule has 27 heavy (non-hydrogen) atoms. The van der Waals surface area contributed by atoms with Crippen LogP contribution in [-0.2, 0) is 6.18 Å². The van der Waals surface area contributed by atoms with Gasteiger partial charge in [-0.1, -0.05) is 18.2 Å². The smallest absolute Gasteiger partial charge is 0.418 e. The molecule has 2 aromatic carbocycles. The van der Waals surface area contributed by atoms with Gasteiger partial charge in [0.2, 0.25) is 0 Å². The quantitative estimate of drug-likeness (QED) is 0.648. The zero-order chi connectivity index (χ0) is 19.6. The molecule has 5 nitrogen and oxygen atoms in total. The summed E-state index contributed by atoms with van der Waals surface area (Å²) in [6.07, 6.45) is -4.34. The lowest BCUT2D eigenvalue weighted by Crippen LogP contribution is -2.24. The third-order valence-corrected chi connectivity index (χ3v) is 3.50. The number of hydrogen-bond acceptors (Lipinski definition) is 4. The molecule has 1 aromatic heterocycles. The lowest BCUT2D eigenvalue weighted by atomic mass is 10.2. The number of benzene rings is 2. The molecule has 3 rings (SSSR count). The topological polar surface area (TPSA) is 67.9 Å². The van der Waals surface area contributed by atoms with Gasteiger partial charge in [0.1, 0.15) is 23.3 Å². The predicted octanol–water partition coefficient (Wildman–Crippen LogP) is 4.05. The van der Waals surface area contributed by atoms with E-state index in [1.807, 2.05) is 0 Å². The second-order valence-corrected chi connectivity index (χ2v) is 5.32. The highest BCUT2D eigenvalue weighted by molar-refractivity contribution is 5.52. The summed E-state index contributed by atoms with van der Waals surface area (Å²) in [7, 11) is 0. The number of alkyl halides is 3. The van der Waals surface area contributed by atoms with E-state index in [4.69, 9.17) is 10.00 Å². The lowest BCUT2D eigenvalue weighted by Gasteiger charge is -2.12. The molecule has 3 aromatic rings. The molecule has 0 aliphatic rings. The molecule has 0 atom stereocenters. The molecule has 0 spiro atoms. The van der Waals surface area contributed by atoms with Crippen LogP contribution in [0.1, 0.15) is 11.1 Å². The minimum atomic E-state index is -4.75. The fourth-order valence-corrected chi connectivity index (χ4v) is 2.24. The van der Waals surface area contributed by atoms with E-state index in [-0.39, 0.29) is 11.3 Å². The van der Waals surface area contributed by atoms with Crippen molar-refractivity contribution in [3.63, 3.8) is 0 Å². The van der Waals surface area contributed by atoms with Gasteiger partial charge in [0.15, 0.2) is 5.82 Å². The highest BCUT2D eigenvalue weighted by Gasteiger charge is 2.32. The molecule has 0 bridgehead atoms. The average Bonchev–Trinajstić information content (AvgIpc) is 2.63. The number of ether oxygens (including phenoxy) is 1. The first kappa shape index (κ1) is 18.1. The van der Waals surface area contributed by atoms with Crippen molar-refractivity contribution >= 4 is 0 Å². The van der Waals surface area contributed by atoms with Gasteiger partial charge in [0.05, 0.1) is 17.3 Å². The summed E-state index contributed by atoms with van der Waals surface area (Å²) < 4.78 is 58.3. The van der Waals surface area contributed by atoms with Crippen molar-refractivity contribution in [2.24, 2.45) is 0 Å². The third-order valence-electron chi connectivity index (χ3n) is 3.50. The molecule has 136 valence electrons. The van der Waals surface area contributed by atoms with Crippen molar-refractivity contribution in [1.82, 2.24) is 9.78 Å². The summed E-state index contributed by atoms with van der Waals surface area (Å²) in [6, 6.07) is 12.2. The highest BCUT2D eigenvalue weighted by Crippen LogP contribution is 2.30. The van der Waals surface area contributed by atoms with Crippen LogP contribution in [0.2, 0.25) is 0 Å². The number of rotatable bonds is 3. The van der Waals surface area contributed by atoms with Gasteiger partial charge in [-0.05, 0) is 18.2 Å². The van der Waals surface area contributed by atoms with Gasteiger partial charge < -0.3 is 4.74 Å². The summed E-state index contributed by atoms with van der Waals surface area (Å²) in [5, 5.41) is 12.5. The molecule has 0 unspecified atom stereocenters. The van der Waals surface area contributed by atoms with Crippen molar-refractivity contribution in [2.75, 3.05) is 0 Å². The van der Waals surface area contributed by atoms with E-state index in [2.05, 4.69) is 5.10 Å².